The molecule has 0 fully saturated rings. The van der Waals surface area contributed by atoms with Gasteiger partial charge >= 0.3 is 11.9 Å². The molecule has 0 saturated carbocycles. The van der Waals surface area contributed by atoms with Crippen LogP contribution in [-0.4, -0.2) is 49.1 Å². The average Bonchev–Trinajstić information content (AvgIpc) is 2.62. The first-order valence-electron chi connectivity index (χ1n) is 8.37. The fourth-order valence-electron chi connectivity index (χ4n) is 1.94. The molecular formula is C18H24N2O6. The maximum atomic E-state index is 12.0. The van der Waals surface area contributed by atoms with Gasteiger partial charge in [-0.25, -0.2) is 9.59 Å². The van der Waals surface area contributed by atoms with Crippen LogP contribution in [0.1, 0.15) is 48.4 Å². The second-order valence-corrected chi connectivity index (χ2v) is 5.46. The molecule has 8 heteroatoms. The van der Waals surface area contributed by atoms with E-state index in [2.05, 4.69) is 10.6 Å². The van der Waals surface area contributed by atoms with Crippen LogP contribution < -0.4 is 10.6 Å². The summed E-state index contributed by atoms with van der Waals surface area (Å²) < 4.78 is 10.1. The second-order valence-electron chi connectivity index (χ2n) is 5.46. The minimum Gasteiger partial charge on any atom is -0.449 e. The van der Waals surface area contributed by atoms with E-state index >= 15 is 0 Å². The van der Waals surface area contributed by atoms with E-state index in [4.69, 9.17) is 9.47 Å². The number of ether oxygens (including phenoxy) is 2. The van der Waals surface area contributed by atoms with Gasteiger partial charge in [0.1, 0.15) is 0 Å². The van der Waals surface area contributed by atoms with Gasteiger partial charge in [0, 0.05) is 13.1 Å². The zero-order chi connectivity index (χ0) is 19.7. The summed E-state index contributed by atoms with van der Waals surface area (Å²) in [7, 11) is 0. The van der Waals surface area contributed by atoms with Gasteiger partial charge in [-0.2, -0.15) is 0 Å². The Morgan fingerprint density at radius 1 is 0.769 bits per heavy atom. The summed E-state index contributed by atoms with van der Waals surface area (Å²) in [5.74, 6) is -2.14. The topological polar surface area (TPSA) is 111 Å². The van der Waals surface area contributed by atoms with E-state index in [1.54, 1.807) is 13.8 Å². The predicted molar refractivity (Wildman–Crippen MR) is 93.6 cm³/mol. The van der Waals surface area contributed by atoms with Gasteiger partial charge in [0.2, 0.25) is 0 Å². The number of hydrogen-bond donors (Lipinski definition) is 2. The third-order valence-electron chi connectivity index (χ3n) is 3.36. The number of likely N-dealkylation sites (N-methyl/N-ethyl adjacent to an activating group) is 2. The number of hydrogen-bond acceptors (Lipinski definition) is 6. The highest BCUT2D eigenvalue weighted by Gasteiger charge is 2.20. The van der Waals surface area contributed by atoms with E-state index in [-0.39, 0.29) is 22.9 Å². The lowest BCUT2D eigenvalue weighted by Crippen LogP contribution is -2.35. The van der Waals surface area contributed by atoms with Crippen molar-refractivity contribution in [1.82, 2.24) is 10.6 Å². The predicted octanol–water partition coefficient (Wildman–Crippen LogP) is 1.05. The highest BCUT2D eigenvalue weighted by Crippen LogP contribution is 2.10. The van der Waals surface area contributed by atoms with E-state index < -0.39 is 24.1 Å². The van der Waals surface area contributed by atoms with Crippen LogP contribution in [0.2, 0.25) is 0 Å². The van der Waals surface area contributed by atoms with E-state index in [0.29, 0.717) is 13.1 Å². The largest absolute Gasteiger partial charge is 0.449 e. The van der Waals surface area contributed by atoms with Crippen molar-refractivity contribution in [2.24, 2.45) is 0 Å². The smallest absolute Gasteiger partial charge is 0.338 e. The average molecular weight is 364 g/mol. The van der Waals surface area contributed by atoms with E-state index in [1.807, 2.05) is 0 Å². The van der Waals surface area contributed by atoms with Crippen molar-refractivity contribution in [3.63, 3.8) is 0 Å². The van der Waals surface area contributed by atoms with Crippen molar-refractivity contribution in [1.29, 1.82) is 0 Å². The van der Waals surface area contributed by atoms with Crippen molar-refractivity contribution in [2.45, 2.75) is 39.9 Å². The van der Waals surface area contributed by atoms with Gasteiger partial charge in [0.25, 0.3) is 11.8 Å². The second kappa shape index (κ2) is 10.2. The van der Waals surface area contributed by atoms with Gasteiger partial charge in [-0.15, -0.1) is 0 Å². The van der Waals surface area contributed by atoms with Crippen molar-refractivity contribution in [3.05, 3.63) is 35.4 Å². The molecule has 0 saturated heterocycles. The fourth-order valence-corrected chi connectivity index (χ4v) is 1.94. The van der Waals surface area contributed by atoms with Gasteiger partial charge in [-0.1, -0.05) is 0 Å². The maximum absolute atomic E-state index is 12.0. The lowest BCUT2D eigenvalue weighted by Gasteiger charge is -2.14. The molecular weight excluding hydrogens is 340 g/mol. The fraction of sp³-hybridized carbons (Fsp3) is 0.444. The summed E-state index contributed by atoms with van der Waals surface area (Å²) in [4.78, 5) is 47.2. The van der Waals surface area contributed by atoms with Crippen LogP contribution in [0.5, 0.6) is 0 Å². The van der Waals surface area contributed by atoms with Crippen LogP contribution >= 0.6 is 0 Å². The first kappa shape index (κ1) is 21.1. The molecule has 8 nitrogen and oxygen atoms in total. The summed E-state index contributed by atoms with van der Waals surface area (Å²) in [6, 6.07) is 5.56. The van der Waals surface area contributed by atoms with Crippen LogP contribution in [0, 0.1) is 0 Å². The molecule has 2 N–H and O–H groups in total. The molecule has 1 aromatic rings. The van der Waals surface area contributed by atoms with Crippen molar-refractivity contribution in [2.75, 3.05) is 13.1 Å². The lowest BCUT2D eigenvalue weighted by molar-refractivity contribution is -0.129. The Labute approximate surface area is 152 Å². The van der Waals surface area contributed by atoms with Gasteiger partial charge in [-0.3, -0.25) is 9.59 Å². The highest BCUT2D eigenvalue weighted by atomic mass is 16.6. The molecule has 0 heterocycles. The molecule has 0 spiro atoms. The number of carbonyl (C=O) groups excluding carboxylic acids is 4. The van der Waals surface area contributed by atoms with Gasteiger partial charge < -0.3 is 20.1 Å². The Balaban J connectivity index is 2.67. The summed E-state index contributed by atoms with van der Waals surface area (Å²) in [5.41, 5.74) is 0.379. The van der Waals surface area contributed by atoms with Gasteiger partial charge in [0.15, 0.2) is 12.2 Å². The van der Waals surface area contributed by atoms with Crippen LogP contribution in [0.3, 0.4) is 0 Å². The van der Waals surface area contributed by atoms with Gasteiger partial charge in [-0.05, 0) is 52.0 Å². The summed E-state index contributed by atoms with van der Waals surface area (Å²) in [5, 5.41) is 5.10. The molecule has 0 bridgehead atoms. The minimum atomic E-state index is -0.926. The molecule has 0 aromatic heterocycles. The van der Waals surface area contributed by atoms with Crippen LogP contribution in [0.25, 0.3) is 0 Å². The lowest BCUT2D eigenvalue weighted by atomic mass is 10.1. The molecule has 142 valence electrons. The third kappa shape index (κ3) is 6.19. The first-order chi connectivity index (χ1) is 12.3. The number of amides is 2. The summed E-state index contributed by atoms with van der Waals surface area (Å²) in [6.07, 6.45) is -1.85. The van der Waals surface area contributed by atoms with Gasteiger partial charge in [0.05, 0.1) is 11.1 Å². The number of benzene rings is 1. The molecule has 0 aliphatic rings. The number of carbonyl (C=O) groups is 4. The standard InChI is InChI=1S/C18H24N2O6/c1-5-19-15(21)11(3)25-17(23)13-7-9-14(10-8-13)18(24)26-12(4)16(22)20-6-2/h7-12H,5-6H2,1-4H3,(H,19,21)(H,20,22)/t11-,12-/m1/s1. The molecule has 0 aliphatic carbocycles. The Bertz CT molecular complexity index is 599. The molecule has 2 amide bonds. The summed E-state index contributed by atoms with van der Waals surface area (Å²) in [6.45, 7) is 7.33. The Kier molecular flexibility index (Phi) is 8.27. The maximum Gasteiger partial charge on any atom is 0.338 e. The van der Waals surface area contributed by atoms with E-state index in [0.717, 1.165) is 0 Å². The zero-order valence-electron chi connectivity index (χ0n) is 15.3. The third-order valence-corrected chi connectivity index (χ3v) is 3.36. The molecule has 0 aliphatic heterocycles. The Morgan fingerprint density at radius 3 is 1.35 bits per heavy atom. The number of rotatable bonds is 8. The molecule has 1 rings (SSSR count). The van der Waals surface area contributed by atoms with Crippen molar-refractivity contribution < 1.29 is 28.7 Å². The number of esters is 2. The van der Waals surface area contributed by atoms with Crippen molar-refractivity contribution >= 4 is 23.8 Å². The van der Waals surface area contributed by atoms with E-state index in [9.17, 15) is 19.2 Å². The molecule has 26 heavy (non-hydrogen) atoms. The normalized spacial score (nSPS) is 12.5. The number of nitrogens with one attached hydrogen (secondary N) is 2. The van der Waals surface area contributed by atoms with Crippen LogP contribution in [0.15, 0.2) is 24.3 Å². The quantitative estimate of drug-likeness (QED) is 0.667. The Hall–Kier alpha value is -2.90. The molecule has 1 aromatic carbocycles. The highest BCUT2D eigenvalue weighted by molar-refractivity contribution is 5.95. The molecule has 2 atom stereocenters. The summed E-state index contributed by atoms with van der Waals surface area (Å²) >= 11 is 0. The monoisotopic (exact) mass is 364 g/mol. The zero-order valence-corrected chi connectivity index (χ0v) is 15.3. The van der Waals surface area contributed by atoms with E-state index in [1.165, 1.54) is 38.1 Å². The minimum absolute atomic E-state index is 0.189. The molecule has 0 unspecified atom stereocenters. The van der Waals surface area contributed by atoms with Crippen LogP contribution in [-0.2, 0) is 19.1 Å². The first-order valence-corrected chi connectivity index (χ1v) is 8.37. The SMILES string of the molecule is CCNC(=O)[C@@H](C)OC(=O)c1ccc(C(=O)O[C@H](C)C(=O)NCC)cc1. The van der Waals surface area contributed by atoms with Crippen molar-refractivity contribution in [3.8, 4) is 0 Å². The van der Waals surface area contributed by atoms with Crippen LogP contribution in [0.4, 0.5) is 0 Å². The molecule has 0 radical (unpaired) electrons. The Morgan fingerprint density at radius 2 is 1.08 bits per heavy atom.